The smallest absolute Gasteiger partial charge is 0.290 e. The second-order valence-corrected chi connectivity index (χ2v) is 6.31. The van der Waals surface area contributed by atoms with Crippen LogP contribution in [-0.2, 0) is 6.61 Å². The van der Waals surface area contributed by atoms with Crippen LogP contribution in [0.5, 0.6) is 5.75 Å². The molecule has 0 aliphatic carbocycles. The number of carbonyl (C=O) groups is 1. The molecule has 1 fully saturated rings. The molecule has 1 aromatic heterocycles. The molecule has 3 rings (SSSR count). The minimum atomic E-state index is -0.102. The van der Waals surface area contributed by atoms with Crippen molar-refractivity contribution in [3.05, 3.63) is 53.5 Å². The molecule has 0 saturated carbocycles. The minimum Gasteiger partial charge on any atom is -0.489 e. The molecule has 6 heteroatoms. The molecular formula is C19H21N3O3. The third kappa shape index (κ3) is 3.83. The molecule has 6 nitrogen and oxygen atoms in total. The van der Waals surface area contributed by atoms with E-state index in [0.29, 0.717) is 29.2 Å². The third-order valence-corrected chi connectivity index (χ3v) is 4.39. The molecule has 1 aliphatic heterocycles. The number of nitriles is 1. The number of hydrogen-bond acceptors (Lipinski definition) is 5. The summed E-state index contributed by atoms with van der Waals surface area (Å²) in [4.78, 5) is 16.9. The van der Waals surface area contributed by atoms with Crippen LogP contribution < -0.4 is 4.74 Å². The Balaban J connectivity index is 1.70. The molecule has 1 atom stereocenters. The van der Waals surface area contributed by atoms with Crippen molar-refractivity contribution in [1.82, 2.24) is 9.80 Å². The second kappa shape index (κ2) is 7.41. The zero-order chi connectivity index (χ0) is 17.8. The zero-order valence-electron chi connectivity index (χ0n) is 14.4. The van der Waals surface area contributed by atoms with Gasteiger partial charge in [-0.1, -0.05) is 6.07 Å². The number of rotatable bonds is 4. The molecule has 25 heavy (non-hydrogen) atoms. The van der Waals surface area contributed by atoms with E-state index in [1.807, 2.05) is 11.8 Å². The first-order valence-electron chi connectivity index (χ1n) is 8.27. The van der Waals surface area contributed by atoms with E-state index in [-0.39, 0.29) is 18.6 Å². The fourth-order valence-corrected chi connectivity index (χ4v) is 3.03. The summed E-state index contributed by atoms with van der Waals surface area (Å²) in [5, 5.41) is 8.94. The van der Waals surface area contributed by atoms with Crippen molar-refractivity contribution < 1.29 is 13.9 Å². The van der Waals surface area contributed by atoms with E-state index < -0.39 is 0 Å². The van der Waals surface area contributed by atoms with E-state index in [1.54, 1.807) is 30.3 Å². The van der Waals surface area contributed by atoms with Crippen molar-refractivity contribution in [3.63, 3.8) is 0 Å². The van der Waals surface area contributed by atoms with Crippen LogP contribution in [0.3, 0.4) is 0 Å². The quantitative estimate of drug-likeness (QED) is 0.856. The van der Waals surface area contributed by atoms with Crippen molar-refractivity contribution in [2.24, 2.45) is 0 Å². The van der Waals surface area contributed by atoms with Crippen molar-refractivity contribution >= 4 is 5.91 Å². The Kier molecular flexibility index (Phi) is 5.05. The Bertz CT molecular complexity index is 793. The van der Waals surface area contributed by atoms with Crippen LogP contribution in [0.15, 0.2) is 41.0 Å². The van der Waals surface area contributed by atoms with Gasteiger partial charge >= 0.3 is 0 Å². The summed E-state index contributed by atoms with van der Waals surface area (Å²) in [5.41, 5.74) is 1.24. The van der Waals surface area contributed by atoms with E-state index in [9.17, 15) is 4.79 Å². The Hall–Kier alpha value is -2.78. The van der Waals surface area contributed by atoms with Crippen LogP contribution in [0.1, 0.15) is 28.6 Å². The maximum atomic E-state index is 12.8. The molecule has 0 bridgehead atoms. The third-order valence-electron chi connectivity index (χ3n) is 4.39. The Labute approximate surface area is 147 Å². The number of likely N-dealkylation sites (N-methyl/N-ethyl adjacent to an activating group) is 1. The number of benzene rings is 1. The SMILES string of the molecule is CC1CN(C)CCN1C(=O)c1occc1COc1cccc(C#N)c1. The first-order valence-corrected chi connectivity index (χ1v) is 8.27. The second-order valence-electron chi connectivity index (χ2n) is 6.31. The first-order chi connectivity index (χ1) is 12.1. The van der Waals surface area contributed by atoms with Gasteiger partial charge < -0.3 is 19.0 Å². The number of furan rings is 1. The predicted molar refractivity (Wildman–Crippen MR) is 92.2 cm³/mol. The Morgan fingerprint density at radius 3 is 3.00 bits per heavy atom. The number of ether oxygens (including phenoxy) is 1. The number of carbonyl (C=O) groups excluding carboxylic acids is 1. The van der Waals surface area contributed by atoms with Gasteiger partial charge in [0.25, 0.3) is 5.91 Å². The lowest BCUT2D eigenvalue weighted by Gasteiger charge is -2.37. The number of nitrogens with zero attached hydrogens (tertiary/aromatic N) is 3. The lowest BCUT2D eigenvalue weighted by Crippen LogP contribution is -2.52. The largest absolute Gasteiger partial charge is 0.489 e. The highest BCUT2D eigenvalue weighted by atomic mass is 16.5. The van der Waals surface area contributed by atoms with E-state index >= 15 is 0 Å². The normalized spacial score (nSPS) is 18.0. The van der Waals surface area contributed by atoms with Crippen molar-refractivity contribution in [1.29, 1.82) is 5.26 Å². The van der Waals surface area contributed by atoms with E-state index in [2.05, 4.69) is 18.0 Å². The average Bonchev–Trinajstić information content (AvgIpc) is 3.08. The number of amides is 1. The maximum absolute atomic E-state index is 12.8. The molecule has 1 amide bonds. The lowest BCUT2D eigenvalue weighted by molar-refractivity contribution is 0.0499. The Morgan fingerprint density at radius 1 is 1.40 bits per heavy atom. The fourth-order valence-electron chi connectivity index (χ4n) is 3.03. The van der Waals surface area contributed by atoms with E-state index in [0.717, 1.165) is 13.1 Å². The molecular weight excluding hydrogens is 318 g/mol. The summed E-state index contributed by atoms with van der Waals surface area (Å²) in [7, 11) is 2.06. The summed E-state index contributed by atoms with van der Waals surface area (Å²) in [6.07, 6.45) is 1.51. The van der Waals surface area contributed by atoms with Gasteiger partial charge in [-0.3, -0.25) is 4.79 Å². The van der Waals surface area contributed by atoms with Gasteiger partial charge in [0.05, 0.1) is 17.9 Å². The van der Waals surface area contributed by atoms with Crippen LogP contribution in [0.4, 0.5) is 0 Å². The highest BCUT2D eigenvalue weighted by Crippen LogP contribution is 2.20. The van der Waals surface area contributed by atoms with Crippen molar-refractivity contribution in [3.8, 4) is 11.8 Å². The van der Waals surface area contributed by atoms with Gasteiger partial charge in [0.15, 0.2) is 5.76 Å². The summed E-state index contributed by atoms with van der Waals surface area (Å²) in [6, 6.07) is 10.9. The van der Waals surface area contributed by atoms with Gasteiger partial charge in [0.2, 0.25) is 0 Å². The molecule has 1 unspecified atom stereocenters. The van der Waals surface area contributed by atoms with Gasteiger partial charge in [-0.05, 0) is 38.2 Å². The topological polar surface area (TPSA) is 69.7 Å². The maximum Gasteiger partial charge on any atom is 0.290 e. The van der Waals surface area contributed by atoms with E-state index in [1.165, 1.54) is 6.26 Å². The number of hydrogen-bond donors (Lipinski definition) is 0. The molecule has 0 N–H and O–H groups in total. The standard InChI is InChI=1S/C19H21N3O3/c1-14-12-21(2)7-8-22(14)19(23)18-16(6-9-24-18)13-25-17-5-3-4-15(10-17)11-20/h3-6,9-10,14H,7-8,12-13H2,1-2H3. The summed E-state index contributed by atoms with van der Waals surface area (Å²) >= 11 is 0. The Morgan fingerprint density at radius 2 is 2.24 bits per heavy atom. The molecule has 0 spiro atoms. The zero-order valence-corrected chi connectivity index (χ0v) is 14.4. The summed E-state index contributed by atoms with van der Waals surface area (Å²) < 4.78 is 11.2. The molecule has 130 valence electrons. The molecule has 0 radical (unpaired) electrons. The monoisotopic (exact) mass is 339 g/mol. The highest BCUT2D eigenvalue weighted by molar-refractivity contribution is 5.93. The van der Waals surface area contributed by atoms with Gasteiger partial charge in [0, 0.05) is 31.2 Å². The van der Waals surface area contributed by atoms with Crippen LogP contribution in [0.2, 0.25) is 0 Å². The van der Waals surface area contributed by atoms with Gasteiger partial charge in [-0.25, -0.2) is 0 Å². The lowest BCUT2D eigenvalue weighted by atomic mass is 10.1. The highest BCUT2D eigenvalue weighted by Gasteiger charge is 2.29. The van der Waals surface area contributed by atoms with Crippen molar-refractivity contribution in [2.75, 3.05) is 26.7 Å². The van der Waals surface area contributed by atoms with Gasteiger partial charge in [0.1, 0.15) is 12.4 Å². The minimum absolute atomic E-state index is 0.102. The van der Waals surface area contributed by atoms with E-state index in [4.69, 9.17) is 14.4 Å². The fraction of sp³-hybridized carbons (Fsp3) is 0.368. The van der Waals surface area contributed by atoms with Crippen LogP contribution >= 0.6 is 0 Å². The van der Waals surface area contributed by atoms with Gasteiger partial charge in [-0.2, -0.15) is 5.26 Å². The average molecular weight is 339 g/mol. The molecule has 2 aromatic rings. The molecule has 1 saturated heterocycles. The number of piperazine rings is 1. The van der Waals surface area contributed by atoms with Gasteiger partial charge in [-0.15, -0.1) is 0 Å². The summed E-state index contributed by atoms with van der Waals surface area (Å²) in [6.45, 7) is 4.64. The van der Waals surface area contributed by atoms with Crippen LogP contribution in [0, 0.1) is 11.3 Å². The summed E-state index contributed by atoms with van der Waals surface area (Å²) in [5.74, 6) is 0.814. The molecule has 2 heterocycles. The van der Waals surface area contributed by atoms with Crippen LogP contribution in [-0.4, -0.2) is 48.4 Å². The predicted octanol–water partition coefficient (Wildman–Crippen LogP) is 2.51. The first kappa shape index (κ1) is 17.1. The molecule has 1 aliphatic rings. The van der Waals surface area contributed by atoms with Crippen LogP contribution in [0.25, 0.3) is 0 Å². The van der Waals surface area contributed by atoms with Crippen molar-refractivity contribution in [2.45, 2.75) is 19.6 Å². The molecule has 1 aromatic carbocycles.